The molecule has 0 N–H and O–H groups in total. The summed E-state index contributed by atoms with van der Waals surface area (Å²) >= 11 is 0. The number of amides is 1. The standard InChI is InChI=1S/C20H23N5O/c1-13-6-8-16(9-7-13)12-17-5-4-10-24(17)19(26)18-22-20-21-14(2)11-15(3)25(20)23-18/h6-9,11,17H,4-5,10,12H2,1-3H3. The third kappa shape index (κ3) is 3.07. The van der Waals surface area contributed by atoms with E-state index in [-0.39, 0.29) is 17.8 Å². The lowest BCUT2D eigenvalue weighted by atomic mass is 10.0. The van der Waals surface area contributed by atoms with Gasteiger partial charge in [0.1, 0.15) is 0 Å². The molecule has 0 radical (unpaired) electrons. The van der Waals surface area contributed by atoms with Gasteiger partial charge in [-0.2, -0.15) is 4.98 Å². The van der Waals surface area contributed by atoms with Crippen LogP contribution in [-0.4, -0.2) is 43.0 Å². The van der Waals surface area contributed by atoms with Gasteiger partial charge in [-0.25, -0.2) is 9.50 Å². The quantitative estimate of drug-likeness (QED) is 0.729. The second-order valence-corrected chi connectivity index (χ2v) is 7.17. The number of fused-ring (bicyclic) bond motifs is 1. The van der Waals surface area contributed by atoms with Gasteiger partial charge >= 0.3 is 0 Å². The van der Waals surface area contributed by atoms with E-state index in [4.69, 9.17) is 0 Å². The molecule has 1 atom stereocenters. The van der Waals surface area contributed by atoms with Crippen molar-refractivity contribution in [2.75, 3.05) is 6.54 Å². The van der Waals surface area contributed by atoms with Gasteiger partial charge in [-0.05, 0) is 51.7 Å². The Hall–Kier alpha value is -2.76. The number of hydrogen-bond acceptors (Lipinski definition) is 4. The van der Waals surface area contributed by atoms with E-state index in [9.17, 15) is 4.79 Å². The Morgan fingerprint density at radius 3 is 2.69 bits per heavy atom. The molecule has 26 heavy (non-hydrogen) atoms. The van der Waals surface area contributed by atoms with Crippen molar-refractivity contribution in [1.29, 1.82) is 0 Å². The van der Waals surface area contributed by atoms with Crippen molar-refractivity contribution in [2.45, 2.75) is 46.1 Å². The monoisotopic (exact) mass is 349 g/mol. The van der Waals surface area contributed by atoms with Gasteiger partial charge in [0.2, 0.25) is 5.82 Å². The van der Waals surface area contributed by atoms with E-state index < -0.39 is 0 Å². The van der Waals surface area contributed by atoms with Crippen molar-refractivity contribution in [3.05, 3.63) is 58.7 Å². The first-order valence-corrected chi connectivity index (χ1v) is 9.09. The number of rotatable bonds is 3. The molecule has 1 amide bonds. The van der Waals surface area contributed by atoms with E-state index in [0.29, 0.717) is 5.78 Å². The van der Waals surface area contributed by atoms with Crippen LogP contribution in [0.4, 0.5) is 0 Å². The van der Waals surface area contributed by atoms with Gasteiger partial charge < -0.3 is 4.90 Å². The summed E-state index contributed by atoms with van der Waals surface area (Å²) in [5, 5.41) is 4.40. The molecule has 3 heterocycles. The summed E-state index contributed by atoms with van der Waals surface area (Å²) in [4.78, 5) is 23.7. The van der Waals surface area contributed by atoms with Gasteiger partial charge in [0.05, 0.1) is 0 Å². The fourth-order valence-corrected chi connectivity index (χ4v) is 3.70. The highest BCUT2D eigenvalue weighted by Gasteiger charge is 2.31. The van der Waals surface area contributed by atoms with Crippen LogP contribution in [-0.2, 0) is 6.42 Å². The first kappa shape index (κ1) is 16.7. The summed E-state index contributed by atoms with van der Waals surface area (Å²) in [6.07, 6.45) is 2.91. The predicted molar refractivity (Wildman–Crippen MR) is 99.2 cm³/mol. The lowest BCUT2D eigenvalue weighted by Gasteiger charge is -2.23. The first-order valence-electron chi connectivity index (χ1n) is 9.09. The molecular formula is C20H23N5O. The summed E-state index contributed by atoms with van der Waals surface area (Å²) in [6.45, 7) is 6.71. The van der Waals surface area contributed by atoms with Crippen molar-refractivity contribution in [3.8, 4) is 0 Å². The average molecular weight is 349 g/mol. The first-order chi connectivity index (χ1) is 12.5. The SMILES string of the molecule is Cc1ccc(CC2CCCN2C(=O)c2nc3nc(C)cc(C)n3n2)cc1. The molecule has 3 aromatic rings. The van der Waals surface area contributed by atoms with E-state index >= 15 is 0 Å². The summed E-state index contributed by atoms with van der Waals surface area (Å²) in [7, 11) is 0. The molecule has 1 unspecified atom stereocenters. The molecule has 1 aliphatic heterocycles. The maximum absolute atomic E-state index is 13.0. The normalized spacial score (nSPS) is 17.2. The Kier molecular flexibility index (Phi) is 4.18. The topological polar surface area (TPSA) is 63.4 Å². The van der Waals surface area contributed by atoms with E-state index in [1.165, 1.54) is 11.1 Å². The summed E-state index contributed by atoms with van der Waals surface area (Å²) in [6, 6.07) is 10.7. The number of hydrogen-bond donors (Lipinski definition) is 0. The van der Waals surface area contributed by atoms with Crippen molar-refractivity contribution in [1.82, 2.24) is 24.5 Å². The van der Waals surface area contributed by atoms with Gasteiger partial charge in [0.15, 0.2) is 0 Å². The smallest absolute Gasteiger partial charge is 0.293 e. The van der Waals surface area contributed by atoms with Crippen molar-refractivity contribution >= 4 is 11.7 Å². The Balaban J connectivity index is 1.58. The third-order valence-corrected chi connectivity index (χ3v) is 5.04. The number of aryl methyl sites for hydroxylation is 3. The van der Waals surface area contributed by atoms with Crippen LogP contribution in [0.2, 0.25) is 0 Å². The second kappa shape index (κ2) is 6.52. The minimum atomic E-state index is -0.0952. The molecule has 0 aliphatic carbocycles. The van der Waals surface area contributed by atoms with Crippen LogP contribution >= 0.6 is 0 Å². The predicted octanol–water partition coefficient (Wildman–Crippen LogP) is 2.90. The molecule has 1 aromatic carbocycles. The lowest BCUT2D eigenvalue weighted by molar-refractivity contribution is 0.0724. The third-order valence-electron chi connectivity index (χ3n) is 5.04. The fraction of sp³-hybridized carbons (Fsp3) is 0.400. The van der Waals surface area contributed by atoms with Crippen molar-refractivity contribution in [2.24, 2.45) is 0 Å². The van der Waals surface area contributed by atoms with Crippen molar-refractivity contribution in [3.63, 3.8) is 0 Å². The summed E-state index contributed by atoms with van der Waals surface area (Å²) in [5.74, 6) is 0.629. The Morgan fingerprint density at radius 2 is 1.92 bits per heavy atom. The van der Waals surface area contributed by atoms with Gasteiger partial charge in [-0.15, -0.1) is 5.10 Å². The van der Waals surface area contributed by atoms with Crippen LogP contribution in [0.5, 0.6) is 0 Å². The largest absolute Gasteiger partial charge is 0.333 e. The molecule has 4 rings (SSSR count). The van der Waals surface area contributed by atoms with Gasteiger partial charge in [0, 0.05) is 24.0 Å². The van der Waals surface area contributed by atoms with Crippen LogP contribution in [0, 0.1) is 20.8 Å². The molecule has 1 fully saturated rings. The van der Waals surface area contributed by atoms with Crippen LogP contribution in [0.1, 0.15) is 46.0 Å². The Bertz CT molecular complexity index is 960. The lowest BCUT2D eigenvalue weighted by Crippen LogP contribution is -2.37. The number of benzene rings is 1. The second-order valence-electron chi connectivity index (χ2n) is 7.17. The molecule has 1 saturated heterocycles. The molecule has 0 bridgehead atoms. The highest BCUT2D eigenvalue weighted by Crippen LogP contribution is 2.23. The zero-order valence-electron chi connectivity index (χ0n) is 15.4. The summed E-state index contributed by atoms with van der Waals surface area (Å²) in [5.41, 5.74) is 4.31. The molecule has 2 aromatic heterocycles. The van der Waals surface area contributed by atoms with E-state index in [1.807, 2.05) is 24.8 Å². The number of aromatic nitrogens is 4. The zero-order chi connectivity index (χ0) is 18.3. The van der Waals surface area contributed by atoms with Crippen LogP contribution < -0.4 is 0 Å². The van der Waals surface area contributed by atoms with Gasteiger partial charge in [0.25, 0.3) is 11.7 Å². The minimum Gasteiger partial charge on any atom is -0.333 e. The van der Waals surface area contributed by atoms with E-state index in [2.05, 4.69) is 46.3 Å². The summed E-state index contributed by atoms with van der Waals surface area (Å²) < 4.78 is 1.64. The minimum absolute atomic E-state index is 0.0952. The molecule has 0 saturated carbocycles. The van der Waals surface area contributed by atoms with Gasteiger partial charge in [-0.1, -0.05) is 29.8 Å². The van der Waals surface area contributed by atoms with Gasteiger partial charge in [-0.3, -0.25) is 4.79 Å². The number of nitrogens with zero attached hydrogens (tertiary/aromatic N) is 5. The van der Waals surface area contributed by atoms with E-state index in [0.717, 1.165) is 37.2 Å². The Labute approximate surface area is 152 Å². The number of carbonyl (C=O) groups excluding carboxylic acids is 1. The molecular weight excluding hydrogens is 326 g/mol. The maximum Gasteiger partial charge on any atom is 0.293 e. The molecule has 1 aliphatic rings. The Morgan fingerprint density at radius 1 is 1.15 bits per heavy atom. The maximum atomic E-state index is 13.0. The highest BCUT2D eigenvalue weighted by molar-refractivity contribution is 5.91. The van der Waals surface area contributed by atoms with Crippen LogP contribution in [0.25, 0.3) is 5.78 Å². The van der Waals surface area contributed by atoms with Crippen molar-refractivity contribution < 1.29 is 4.79 Å². The molecule has 0 spiro atoms. The number of likely N-dealkylation sites (tertiary alicyclic amines) is 1. The molecule has 6 nitrogen and oxygen atoms in total. The molecule has 134 valence electrons. The average Bonchev–Trinajstić information content (AvgIpc) is 3.23. The highest BCUT2D eigenvalue weighted by atomic mass is 16.2. The molecule has 6 heteroatoms. The van der Waals surface area contributed by atoms with Crippen LogP contribution in [0.15, 0.2) is 30.3 Å². The zero-order valence-corrected chi connectivity index (χ0v) is 15.4. The number of carbonyl (C=O) groups is 1. The fourth-order valence-electron chi connectivity index (χ4n) is 3.70. The van der Waals surface area contributed by atoms with E-state index in [1.54, 1.807) is 4.52 Å². The van der Waals surface area contributed by atoms with Crippen LogP contribution in [0.3, 0.4) is 0 Å².